The number of hydrazine groups is 1. The third-order valence-electron chi connectivity index (χ3n) is 3.73. The Hall–Kier alpha value is -1.68. The van der Waals surface area contributed by atoms with Gasteiger partial charge in [-0.05, 0) is 39.9 Å². The number of aryl methyl sites for hydroxylation is 1. The lowest BCUT2D eigenvalue weighted by atomic mass is 9.93. The smallest absolute Gasteiger partial charge is 0.0726 e. The molecule has 3 N–H and O–H groups in total. The molecule has 0 aliphatic heterocycles. The van der Waals surface area contributed by atoms with Crippen molar-refractivity contribution in [3.8, 4) is 0 Å². The molecule has 0 aliphatic rings. The molecule has 0 radical (unpaired) electrons. The zero-order valence-corrected chi connectivity index (χ0v) is 12.3. The van der Waals surface area contributed by atoms with Gasteiger partial charge in [0.1, 0.15) is 0 Å². The Morgan fingerprint density at radius 1 is 1.05 bits per heavy atom. The summed E-state index contributed by atoms with van der Waals surface area (Å²) in [5.41, 5.74) is 6.85. The Bertz CT molecular complexity index is 718. The van der Waals surface area contributed by atoms with Gasteiger partial charge in [0, 0.05) is 4.70 Å². The zero-order chi connectivity index (χ0) is 13.9. The van der Waals surface area contributed by atoms with Gasteiger partial charge in [0.25, 0.3) is 0 Å². The molecule has 3 heteroatoms. The Balaban J connectivity index is 2.16. The number of fused-ring (bicyclic) bond motifs is 1. The number of nitrogens with one attached hydrogen (secondary N) is 1. The van der Waals surface area contributed by atoms with E-state index in [1.165, 1.54) is 26.8 Å². The molecule has 102 valence electrons. The van der Waals surface area contributed by atoms with E-state index >= 15 is 0 Å². The van der Waals surface area contributed by atoms with E-state index in [4.69, 9.17) is 5.84 Å². The summed E-state index contributed by atoms with van der Waals surface area (Å²) >= 11 is 1.77. The van der Waals surface area contributed by atoms with Gasteiger partial charge in [0.05, 0.1) is 6.04 Å². The molecule has 1 heterocycles. The van der Waals surface area contributed by atoms with Crippen LogP contribution in [-0.2, 0) is 6.42 Å². The maximum atomic E-state index is 5.87. The molecule has 0 saturated heterocycles. The second-order valence-corrected chi connectivity index (χ2v) is 5.75. The third kappa shape index (κ3) is 2.24. The molecule has 0 saturated carbocycles. The number of rotatable bonds is 4. The Morgan fingerprint density at radius 3 is 2.65 bits per heavy atom. The van der Waals surface area contributed by atoms with E-state index in [1.54, 1.807) is 11.3 Å². The van der Waals surface area contributed by atoms with E-state index in [0.29, 0.717) is 0 Å². The van der Waals surface area contributed by atoms with Crippen molar-refractivity contribution in [2.45, 2.75) is 19.4 Å². The second-order valence-electron chi connectivity index (χ2n) is 4.84. The van der Waals surface area contributed by atoms with Gasteiger partial charge in [0.2, 0.25) is 0 Å². The normalized spacial score (nSPS) is 12.7. The van der Waals surface area contributed by atoms with Crippen LogP contribution in [0.3, 0.4) is 0 Å². The van der Waals surface area contributed by atoms with Gasteiger partial charge in [-0.2, -0.15) is 0 Å². The van der Waals surface area contributed by atoms with Crippen molar-refractivity contribution in [2.24, 2.45) is 5.84 Å². The minimum atomic E-state index is 0.0356. The molecular weight excluding hydrogens is 264 g/mol. The first kappa shape index (κ1) is 13.3. The lowest BCUT2D eigenvalue weighted by Crippen LogP contribution is -2.29. The highest BCUT2D eigenvalue weighted by Crippen LogP contribution is 2.33. The summed E-state index contributed by atoms with van der Waals surface area (Å²) in [4.78, 5) is 0. The molecule has 0 bridgehead atoms. The maximum Gasteiger partial charge on any atom is 0.0726 e. The Labute approximate surface area is 123 Å². The molecule has 1 atom stereocenters. The Morgan fingerprint density at radius 2 is 1.85 bits per heavy atom. The molecule has 2 aromatic carbocycles. The number of benzene rings is 2. The summed E-state index contributed by atoms with van der Waals surface area (Å²) in [5.74, 6) is 5.87. The van der Waals surface area contributed by atoms with Crippen LogP contribution in [0.2, 0.25) is 0 Å². The van der Waals surface area contributed by atoms with E-state index in [1.807, 2.05) is 0 Å². The minimum Gasteiger partial charge on any atom is -0.271 e. The molecule has 20 heavy (non-hydrogen) atoms. The maximum absolute atomic E-state index is 5.87. The standard InChI is InChI=1S/C17H18N2S/c1-2-12-6-3-4-8-14(12)16(19-18)15-9-5-7-13-10-11-20-17(13)15/h3-11,16,19H,2,18H2,1H3. The molecular formula is C17H18N2S. The van der Waals surface area contributed by atoms with Crippen molar-refractivity contribution < 1.29 is 0 Å². The van der Waals surface area contributed by atoms with Crippen LogP contribution in [0.5, 0.6) is 0 Å². The highest BCUT2D eigenvalue weighted by molar-refractivity contribution is 7.17. The Kier molecular flexibility index (Phi) is 3.83. The van der Waals surface area contributed by atoms with Crippen LogP contribution >= 0.6 is 11.3 Å². The zero-order valence-electron chi connectivity index (χ0n) is 11.5. The highest BCUT2D eigenvalue weighted by Gasteiger charge is 2.17. The topological polar surface area (TPSA) is 38.0 Å². The van der Waals surface area contributed by atoms with E-state index in [0.717, 1.165) is 6.42 Å². The van der Waals surface area contributed by atoms with Gasteiger partial charge < -0.3 is 0 Å². The van der Waals surface area contributed by atoms with Crippen LogP contribution in [0.25, 0.3) is 10.1 Å². The van der Waals surface area contributed by atoms with E-state index in [-0.39, 0.29) is 6.04 Å². The van der Waals surface area contributed by atoms with Crippen molar-refractivity contribution in [2.75, 3.05) is 0 Å². The van der Waals surface area contributed by atoms with E-state index in [2.05, 4.69) is 66.3 Å². The predicted molar refractivity (Wildman–Crippen MR) is 86.8 cm³/mol. The van der Waals surface area contributed by atoms with Crippen molar-refractivity contribution in [1.29, 1.82) is 0 Å². The number of hydrogen-bond acceptors (Lipinski definition) is 3. The lowest BCUT2D eigenvalue weighted by Gasteiger charge is -2.20. The lowest BCUT2D eigenvalue weighted by molar-refractivity contribution is 0.636. The van der Waals surface area contributed by atoms with Gasteiger partial charge in [-0.1, -0.05) is 49.4 Å². The fourth-order valence-corrected chi connectivity index (χ4v) is 3.67. The second kappa shape index (κ2) is 5.75. The van der Waals surface area contributed by atoms with E-state index < -0.39 is 0 Å². The average molecular weight is 282 g/mol. The summed E-state index contributed by atoms with van der Waals surface area (Å²) in [5, 5.41) is 3.41. The average Bonchev–Trinajstić information content (AvgIpc) is 2.98. The van der Waals surface area contributed by atoms with Gasteiger partial charge in [0.15, 0.2) is 0 Å². The first-order valence-corrected chi connectivity index (χ1v) is 7.73. The van der Waals surface area contributed by atoms with Gasteiger partial charge in [-0.3, -0.25) is 5.84 Å². The van der Waals surface area contributed by atoms with Crippen LogP contribution in [-0.4, -0.2) is 0 Å². The summed E-state index contributed by atoms with van der Waals surface area (Å²) in [6, 6.07) is 17.1. The predicted octanol–water partition coefficient (Wildman–Crippen LogP) is 4.02. The molecule has 0 spiro atoms. The monoisotopic (exact) mass is 282 g/mol. The van der Waals surface area contributed by atoms with Gasteiger partial charge in [-0.15, -0.1) is 11.3 Å². The molecule has 3 aromatic rings. The summed E-state index contributed by atoms with van der Waals surface area (Å²) in [6.07, 6.45) is 1.01. The number of thiophene rings is 1. The van der Waals surface area contributed by atoms with Crippen molar-refractivity contribution in [1.82, 2.24) is 5.43 Å². The van der Waals surface area contributed by atoms with Crippen LogP contribution < -0.4 is 11.3 Å². The molecule has 0 amide bonds. The van der Waals surface area contributed by atoms with Crippen LogP contribution in [0.4, 0.5) is 0 Å². The molecule has 0 fully saturated rings. The molecule has 1 unspecified atom stereocenters. The first-order chi connectivity index (χ1) is 9.85. The highest BCUT2D eigenvalue weighted by atomic mass is 32.1. The largest absolute Gasteiger partial charge is 0.271 e. The molecule has 2 nitrogen and oxygen atoms in total. The SMILES string of the molecule is CCc1ccccc1C(NN)c1cccc2ccsc12. The van der Waals surface area contributed by atoms with Gasteiger partial charge in [-0.25, -0.2) is 5.43 Å². The fourth-order valence-electron chi connectivity index (χ4n) is 2.73. The quantitative estimate of drug-likeness (QED) is 0.560. The van der Waals surface area contributed by atoms with Crippen LogP contribution in [0, 0.1) is 0 Å². The first-order valence-electron chi connectivity index (χ1n) is 6.85. The summed E-state index contributed by atoms with van der Waals surface area (Å²) in [6.45, 7) is 2.18. The summed E-state index contributed by atoms with van der Waals surface area (Å²) < 4.78 is 1.31. The van der Waals surface area contributed by atoms with Crippen molar-refractivity contribution in [3.05, 3.63) is 70.6 Å². The molecule has 1 aromatic heterocycles. The number of hydrogen-bond donors (Lipinski definition) is 2. The van der Waals surface area contributed by atoms with Gasteiger partial charge >= 0.3 is 0 Å². The number of nitrogens with two attached hydrogens (primary N) is 1. The van der Waals surface area contributed by atoms with Crippen LogP contribution in [0.15, 0.2) is 53.9 Å². The van der Waals surface area contributed by atoms with Crippen LogP contribution in [0.1, 0.15) is 29.7 Å². The minimum absolute atomic E-state index is 0.0356. The fraction of sp³-hybridized carbons (Fsp3) is 0.176. The third-order valence-corrected chi connectivity index (χ3v) is 4.71. The van der Waals surface area contributed by atoms with Crippen molar-refractivity contribution in [3.63, 3.8) is 0 Å². The van der Waals surface area contributed by atoms with E-state index in [9.17, 15) is 0 Å². The molecule has 0 aliphatic carbocycles. The van der Waals surface area contributed by atoms with Crippen molar-refractivity contribution >= 4 is 21.4 Å². The summed E-state index contributed by atoms with van der Waals surface area (Å²) in [7, 11) is 0. The molecule has 3 rings (SSSR count).